The van der Waals surface area contributed by atoms with Crippen molar-refractivity contribution in [3.05, 3.63) is 75.4 Å². The quantitative estimate of drug-likeness (QED) is 0.622. The third-order valence-electron chi connectivity index (χ3n) is 3.76. The van der Waals surface area contributed by atoms with Crippen LogP contribution in [0.15, 0.2) is 48.5 Å². The van der Waals surface area contributed by atoms with Gasteiger partial charge in [-0.25, -0.2) is 9.18 Å². The van der Waals surface area contributed by atoms with Crippen molar-refractivity contribution >= 4 is 39.8 Å². The zero-order valence-corrected chi connectivity index (χ0v) is 15.1. The Morgan fingerprint density at radius 1 is 1.08 bits per heavy atom. The van der Waals surface area contributed by atoms with E-state index in [9.17, 15) is 19.1 Å². The minimum absolute atomic E-state index is 0.0126. The van der Waals surface area contributed by atoms with Gasteiger partial charge in [0, 0.05) is 21.0 Å². The highest BCUT2D eigenvalue weighted by atomic mass is 35.5. The third kappa shape index (κ3) is 3.61. The van der Waals surface area contributed by atoms with Crippen molar-refractivity contribution in [3.8, 4) is 11.1 Å². The van der Waals surface area contributed by atoms with Crippen LogP contribution in [0.3, 0.4) is 0 Å². The Labute approximate surface area is 157 Å². The smallest absolute Gasteiger partial charge is 0.339 e. The summed E-state index contributed by atoms with van der Waals surface area (Å²) in [5.41, 5.74) is 1.39. The van der Waals surface area contributed by atoms with E-state index in [4.69, 9.17) is 11.6 Å². The minimum atomic E-state index is -1.17. The van der Waals surface area contributed by atoms with Crippen LogP contribution in [0.2, 0.25) is 5.02 Å². The van der Waals surface area contributed by atoms with Gasteiger partial charge in [-0.05, 0) is 48.9 Å². The third-order valence-corrected chi connectivity index (χ3v) is 5.04. The number of rotatable bonds is 4. The number of halogens is 2. The fraction of sp³-hybridized carbons (Fsp3) is 0.0526. The van der Waals surface area contributed by atoms with Gasteiger partial charge < -0.3 is 10.4 Å². The second-order valence-electron chi connectivity index (χ2n) is 5.51. The maximum atomic E-state index is 13.2. The van der Waals surface area contributed by atoms with Crippen LogP contribution in [0.4, 0.5) is 9.39 Å². The first-order chi connectivity index (χ1) is 12.4. The maximum absolute atomic E-state index is 13.2. The molecule has 4 nitrogen and oxygen atoms in total. The molecule has 2 N–H and O–H groups in total. The van der Waals surface area contributed by atoms with Crippen molar-refractivity contribution < 1.29 is 19.1 Å². The largest absolute Gasteiger partial charge is 0.478 e. The normalized spacial score (nSPS) is 10.6. The number of hydrogen-bond acceptors (Lipinski definition) is 3. The number of amides is 1. The first-order valence-electron chi connectivity index (χ1n) is 7.56. The standard InChI is InChI=1S/C19H13ClFNO3S/c1-10-15(11-4-8-14(21)9-5-11)16(19(24)25)18(26-10)22-17(23)12-2-6-13(20)7-3-12/h2-9H,1H3,(H,22,23)(H,24,25). The second-order valence-corrected chi connectivity index (χ2v) is 7.17. The van der Waals surface area contributed by atoms with E-state index >= 15 is 0 Å². The average molecular weight is 390 g/mol. The lowest BCUT2D eigenvalue weighted by molar-refractivity contribution is 0.0699. The molecule has 132 valence electrons. The molecule has 0 fully saturated rings. The molecule has 0 aliphatic rings. The lowest BCUT2D eigenvalue weighted by atomic mass is 10.0. The van der Waals surface area contributed by atoms with E-state index in [1.807, 2.05) is 0 Å². The van der Waals surface area contributed by atoms with Crippen LogP contribution in [0.25, 0.3) is 11.1 Å². The van der Waals surface area contributed by atoms with Crippen LogP contribution in [0.1, 0.15) is 25.6 Å². The van der Waals surface area contributed by atoms with Crippen LogP contribution >= 0.6 is 22.9 Å². The van der Waals surface area contributed by atoms with Gasteiger partial charge in [-0.3, -0.25) is 4.79 Å². The molecule has 0 unspecified atom stereocenters. The van der Waals surface area contributed by atoms with Crippen LogP contribution in [-0.2, 0) is 0 Å². The molecule has 1 heterocycles. The van der Waals surface area contributed by atoms with E-state index in [-0.39, 0.29) is 10.6 Å². The summed E-state index contributed by atoms with van der Waals surface area (Å²) in [4.78, 5) is 24.9. The molecule has 0 saturated heterocycles. The molecule has 3 aromatic rings. The zero-order chi connectivity index (χ0) is 18.8. The first kappa shape index (κ1) is 18.1. The Kier molecular flexibility index (Phi) is 5.06. The minimum Gasteiger partial charge on any atom is -0.478 e. The van der Waals surface area contributed by atoms with E-state index in [0.29, 0.717) is 26.6 Å². The number of carbonyl (C=O) groups is 2. The summed E-state index contributed by atoms with van der Waals surface area (Å²) in [6.07, 6.45) is 0. The van der Waals surface area contributed by atoms with Crippen LogP contribution in [-0.4, -0.2) is 17.0 Å². The Bertz CT molecular complexity index is 981. The lowest BCUT2D eigenvalue weighted by Gasteiger charge is -2.06. The molecular weight excluding hydrogens is 377 g/mol. The molecule has 0 atom stereocenters. The Morgan fingerprint density at radius 3 is 2.27 bits per heavy atom. The van der Waals surface area contributed by atoms with Crippen molar-refractivity contribution in [2.45, 2.75) is 6.92 Å². The van der Waals surface area contributed by atoms with E-state index in [2.05, 4.69) is 5.32 Å². The zero-order valence-electron chi connectivity index (χ0n) is 13.5. The van der Waals surface area contributed by atoms with Gasteiger partial charge in [-0.1, -0.05) is 23.7 Å². The molecule has 3 rings (SSSR count). The highest BCUT2D eigenvalue weighted by Gasteiger charge is 2.24. The number of aryl methyl sites for hydroxylation is 1. The Balaban J connectivity index is 2.01. The molecule has 0 radical (unpaired) electrons. The molecule has 0 bridgehead atoms. The highest BCUT2D eigenvalue weighted by Crippen LogP contribution is 2.40. The molecule has 2 aromatic carbocycles. The number of carbonyl (C=O) groups excluding carboxylic acids is 1. The monoisotopic (exact) mass is 389 g/mol. The number of thiophene rings is 1. The molecular formula is C19H13ClFNO3S. The van der Waals surface area contributed by atoms with Gasteiger partial charge in [-0.15, -0.1) is 11.3 Å². The summed E-state index contributed by atoms with van der Waals surface area (Å²) in [6, 6.07) is 11.8. The van der Waals surface area contributed by atoms with Crippen LogP contribution < -0.4 is 5.32 Å². The fourth-order valence-electron chi connectivity index (χ4n) is 2.58. The van der Waals surface area contributed by atoms with Crippen LogP contribution in [0, 0.1) is 12.7 Å². The SMILES string of the molecule is Cc1sc(NC(=O)c2ccc(Cl)cc2)c(C(=O)O)c1-c1ccc(F)cc1. The Hall–Kier alpha value is -2.70. The van der Waals surface area contributed by atoms with E-state index in [0.717, 1.165) is 11.3 Å². The van der Waals surface area contributed by atoms with Crippen molar-refractivity contribution in [1.29, 1.82) is 0 Å². The molecule has 0 saturated carbocycles. The first-order valence-corrected chi connectivity index (χ1v) is 8.76. The maximum Gasteiger partial charge on any atom is 0.339 e. The Morgan fingerprint density at radius 2 is 1.69 bits per heavy atom. The number of nitrogens with one attached hydrogen (secondary N) is 1. The molecule has 0 spiro atoms. The molecule has 1 amide bonds. The summed E-state index contributed by atoms with van der Waals surface area (Å²) in [5.74, 6) is -2.01. The summed E-state index contributed by atoms with van der Waals surface area (Å²) in [7, 11) is 0. The molecule has 26 heavy (non-hydrogen) atoms. The number of aromatic carboxylic acids is 1. The van der Waals surface area contributed by atoms with Crippen molar-refractivity contribution in [3.63, 3.8) is 0 Å². The number of benzene rings is 2. The van der Waals surface area contributed by atoms with E-state index in [1.165, 1.54) is 24.3 Å². The van der Waals surface area contributed by atoms with Gasteiger partial charge in [-0.2, -0.15) is 0 Å². The number of carboxylic acids is 1. The van der Waals surface area contributed by atoms with Crippen molar-refractivity contribution in [2.24, 2.45) is 0 Å². The van der Waals surface area contributed by atoms with Crippen LogP contribution in [0.5, 0.6) is 0 Å². The van der Waals surface area contributed by atoms with Gasteiger partial charge in [0.15, 0.2) is 0 Å². The predicted octanol–water partition coefficient (Wildman–Crippen LogP) is 5.47. The fourth-order valence-corrected chi connectivity index (χ4v) is 3.77. The van der Waals surface area contributed by atoms with Crippen molar-refractivity contribution in [1.82, 2.24) is 0 Å². The average Bonchev–Trinajstić information content (AvgIpc) is 2.92. The van der Waals surface area contributed by atoms with Gasteiger partial charge in [0.2, 0.25) is 0 Å². The highest BCUT2D eigenvalue weighted by molar-refractivity contribution is 7.17. The number of carboxylic acid groups (broad SMARTS) is 1. The summed E-state index contributed by atoms with van der Waals surface area (Å²) < 4.78 is 13.2. The predicted molar refractivity (Wildman–Crippen MR) is 101 cm³/mol. The molecule has 1 aromatic heterocycles. The van der Waals surface area contributed by atoms with Gasteiger partial charge in [0.1, 0.15) is 16.4 Å². The molecule has 7 heteroatoms. The molecule has 0 aliphatic heterocycles. The molecule has 0 aliphatic carbocycles. The van der Waals surface area contributed by atoms with E-state index < -0.39 is 17.7 Å². The van der Waals surface area contributed by atoms with Gasteiger partial charge >= 0.3 is 5.97 Å². The van der Waals surface area contributed by atoms with Gasteiger partial charge in [0.05, 0.1) is 0 Å². The summed E-state index contributed by atoms with van der Waals surface area (Å²) in [5, 5.41) is 13.0. The van der Waals surface area contributed by atoms with Gasteiger partial charge in [0.25, 0.3) is 5.91 Å². The van der Waals surface area contributed by atoms with Crippen molar-refractivity contribution in [2.75, 3.05) is 5.32 Å². The van der Waals surface area contributed by atoms with E-state index in [1.54, 1.807) is 31.2 Å². The lowest BCUT2D eigenvalue weighted by Crippen LogP contribution is -2.13. The summed E-state index contributed by atoms with van der Waals surface area (Å²) in [6.45, 7) is 1.76. The topological polar surface area (TPSA) is 66.4 Å². The summed E-state index contributed by atoms with van der Waals surface area (Å²) >= 11 is 6.97. The number of anilines is 1. The second kappa shape index (κ2) is 7.27. The number of hydrogen-bond donors (Lipinski definition) is 2.